The number of benzene rings is 2. The molecule has 0 aliphatic carbocycles. The molecule has 158 valence electrons. The van der Waals surface area contributed by atoms with Crippen LogP contribution in [-0.2, 0) is 27.7 Å². The molecule has 0 spiro atoms. The first-order valence-corrected chi connectivity index (χ1v) is 9.24. The van der Waals surface area contributed by atoms with E-state index in [1.165, 1.54) is 19.1 Å². The number of carbonyl (C=O) groups excluding carboxylic acids is 3. The fourth-order valence-corrected chi connectivity index (χ4v) is 3.23. The summed E-state index contributed by atoms with van der Waals surface area (Å²) in [7, 11) is 0. The highest BCUT2D eigenvalue weighted by atomic mass is 19.4. The van der Waals surface area contributed by atoms with Crippen LogP contribution in [-0.4, -0.2) is 35.8 Å². The van der Waals surface area contributed by atoms with Gasteiger partial charge in [0.1, 0.15) is 12.1 Å². The Bertz CT molecular complexity index is 963. The van der Waals surface area contributed by atoms with Crippen molar-refractivity contribution in [2.24, 2.45) is 0 Å². The molecule has 2 aromatic rings. The van der Waals surface area contributed by atoms with Crippen LogP contribution in [0.2, 0.25) is 0 Å². The van der Waals surface area contributed by atoms with Gasteiger partial charge in [-0.2, -0.15) is 13.2 Å². The highest BCUT2D eigenvalue weighted by Crippen LogP contribution is 2.34. The number of nitrogens with one attached hydrogen (secondary N) is 2. The molecule has 9 heteroatoms. The van der Waals surface area contributed by atoms with Crippen LogP contribution in [0.5, 0.6) is 0 Å². The first kappa shape index (κ1) is 21.4. The molecule has 0 aromatic heterocycles. The molecule has 4 amide bonds. The molecule has 1 fully saturated rings. The van der Waals surface area contributed by atoms with Gasteiger partial charge in [0.15, 0.2) is 0 Å². The van der Waals surface area contributed by atoms with Gasteiger partial charge in [-0.15, -0.1) is 0 Å². The zero-order valence-corrected chi connectivity index (χ0v) is 16.1. The van der Waals surface area contributed by atoms with Crippen molar-refractivity contribution in [1.29, 1.82) is 0 Å². The van der Waals surface area contributed by atoms with Crippen molar-refractivity contribution < 1.29 is 27.6 Å². The van der Waals surface area contributed by atoms with Crippen molar-refractivity contribution >= 4 is 17.8 Å². The lowest BCUT2D eigenvalue weighted by Gasteiger charge is -2.23. The molecule has 1 saturated heterocycles. The fourth-order valence-electron chi connectivity index (χ4n) is 3.23. The number of hydrogen-bond acceptors (Lipinski definition) is 3. The maximum absolute atomic E-state index is 13.0. The smallest absolute Gasteiger partial charge is 0.354 e. The first-order valence-electron chi connectivity index (χ1n) is 9.24. The number of imide groups is 1. The largest absolute Gasteiger partial charge is 0.416 e. The molecule has 0 bridgehead atoms. The van der Waals surface area contributed by atoms with Crippen LogP contribution in [0.15, 0.2) is 54.6 Å². The van der Waals surface area contributed by atoms with Gasteiger partial charge in [-0.1, -0.05) is 42.5 Å². The number of carbonyl (C=O) groups is 3. The highest BCUT2D eigenvalue weighted by molar-refractivity contribution is 6.09. The van der Waals surface area contributed by atoms with Gasteiger partial charge in [-0.3, -0.25) is 14.5 Å². The quantitative estimate of drug-likeness (QED) is 0.707. The summed E-state index contributed by atoms with van der Waals surface area (Å²) in [6.07, 6.45) is -4.01. The summed E-state index contributed by atoms with van der Waals surface area (Å²) >= 11 is 0. The summed E-state index contributed by atoms with van der Waals surface area (Å²) < 4.78 is 39.0. The molecular weight excluding hydrogens is 399 g/mol. The summed E-state index contributed by atoms with van der Waals surface area (Å²) in [5.41, 5.74) is -1.61. The maximum Gasteiger partial charge on any atom is 0.416 e. The molecule has 0 radical (unpaired) electrons. The summed E-state index contributed by atoms with van der Waals surface area (Å²) in [5, 5.41) is 5.04. The topological polar surface area (TPSA) is 78.5 Å². The molecule has 1 atom stereocenters. The van der Waals surface area contributed by atoms with E-state index in [1.54, 1.807) is 0 Å². The number of amides is 4. The van der Waals surface area contributed by atoms with Gasteiger partial charge in [-0.25, -0.2) is 4.79 Å². The number of alkyl halides is 3. The van der Waals surface area contributed by atoms with Gasteiger partial charge < -0.3 is 10.6 Å². The number of rotatable bonds is 6. The third kappa shape index (κ3) is 4.45. The molecule has 30 heavy (non-hydrogen) atoms. The van der Waals surface area contributed by atoms with Gasteiger partial charge in [0.05, 0.1) is 5.56 Å². The molecule has 3 rings (SSSR count). The Kier molecular flexibility index (Phi) is 5.82. The predicted octanol–water partition coefficient (Wildman–Crippen LogP) is 2.83. The van der Waals surface area contributed by atoms with Gasteiger partial charge >= 0.3 is 12.2 Å². The van der Waals surface area contributed by atoms with Gasteiger partial charge in [0.2, 0.25) is 5.91 Å². The van der Waals surface area contributed by atoms with Crippen molar-refractivity contribution in [3.63, 3.8) is 0 Å². The fraction of sp³-hybridized carbons (Fsp3) is 0.286. The summed E-state index contributed by atoms with van der Waals surface area (Å²) in [6, 6.07) is 12.8. The minimum atomic E-state index is -4.59. The molecule has 0 unspecified atom stereocenters. The Morgan fingerprint density at radius 3 is 2.47 bits per heavy atom. The van der Waals surface area contributed by atoms with Crippen molar-refractivity contribution in [2.45, 2.75) is 25.1 Å². The van der Waals surface area contributed by atoms with Gasteiger partial charge in [0, 0.05) is 6.54 Å². The molecule has 1 aliphatic rings. The SMILES string of the molecule is C[C@]1(c2cccc(C(F)(F)F)c2)NC(=O)N(CC(=O)NCCc2ccccc2)C1=O. The normalized spacial score (nSPS) is 19.0. The van der Waals surface area contributed by atoms with Crippen LogP contribution in [0.25, 0.3) is 0 Å². The molecule has 6 nitrogen and oxygen atoms in total. The van der Waals surface area contributed by atoms with Crippen LogP contribution in [0, 0.1) is 0 Å². The molecule has 1 aliphatic heterocycles. The second-order valence-electron chi connectivity index (χ2n) is 7.11. The second kappa shape index (κ2) is 8.17. The molecule has 1 heterocycles. The van der Waals surface area contributed by atoms with Crippen LogP contribution in [0.1, 0.15) is 23.6 Å². The van der Waals surface area contributed by atoms with E-state index in [-0.39, 0.29) is 5.56 Å². The van der Waals surface area contributed by atoms with Crippen molar-refractivity contribution in [2.75, 3.05) is 13.1 Å². The van der Waals surface area contributed by atoms with E-state index in [9.17, 15) is 27.6 Å². The molecular formula is C21H20F3N3O3. The van der Waals surface area contributed by atoms with E-state index >= 15 is 0 Å². The van der Waals surface area contributed by atoms with Crippen LogP contribution in [0.3, 0.4) is 0 Å². The average molecular weight is 419 g/mol. The lowest BCUT2D eigenvalue weighted by molar-refractivity contribution is -0.138. The zero-order valence-electron chi connectivity index (χ0n) is 16.1. The standard InChI is InChI=1S/C21H20F3N3O3/c1-20(15-8-5-9-16(12-15)21(22,23)24)18(29)27(19(30)26-20)13-17(28)25-11-10-14-6-3-2-4-7-14/h2-9,12H,10-11,13H2,1H3,(H,25,28)(H,26,30)/t20-/m1/s1. The molecule has 2 aromatic carbocycles. The summed E-state index contributed by atoms with van der Waals surface area (Å²) in [6.45, 7) is 1.11. The van der Waals surface area contributed by atoms with Crippen LogP contribution >= 0.6 is 0 Å². The second-order valence-corrected chi connectivity index (χ2v) is 7.11. The Hall–Kier alpha value is -3.36. The lowest BCUT2D eigenvalue weighted by Crippen LogP contribution is -2.43. The first-order chi connectivity index (χ1) is 14.1. The predicted molar refractivity (Wildman–Crippen MR) is 102 cm³/mol. The van der Waals surface area contributed by atoms with E-state index in [4.69, 9.17) is 0 Å². The van der Waals surface area contributed by atoms with Crippen LogP contribution in [0.4, 0.5) is 18.0 Å². The lowest BCUT2D eigenvalue weighted by atomic mass is 9.90. The van der Waals surface area contributed by atoms with Crippen molar-refractivity contribution in [3.8, 4) is 0 Å². The average Bonchev–Trinajstić information content (AvgIpc) is 2.92. The van der Waals surface area contributed by atoms with E-state index in [0.717, 1.165) is 17.7 Å². The molecule has 2 N–H and O–H groups in total. The number of nitrogens with zero attached hydrogens (tertiary/aromatic N) is 1. The van der Waals surface area contributed by atoms with Crippen molar-refractivity contribution in [3.05, 3.63) is 71.3 Å². The van der Waals surface area contributed by atoms with Crippen molar-refractivity contribution in [1.82, 2.24) is 15.5 Å². The molecule has 0 saturated carbocycles. The third-order valence-electron chi connectivity index (χ3n) is 4.92. The Balaban J connectivity index is 1.66. The Morgan fingerprint density at radius 2 is 1.80 bits per heavy atom. The zero-order chi connectivity index (χ0) is 21.9. The third-order valence-corrected chi connectivity index (χ3v) is 4.92. The van der Waals surface area contributed by atoms with E-state index in [2.05, 4.69) is 10.6 Å². The van der Waals surface area contributed by atoms with E-state index in [1.807, 2.05) is 30.3 Å². The number of halogens is 3. The van der Waals surface area contributed by atoms with E-state index in [0.29, 0.717) is 17.9 Å². The minimum absolute atomic E-state index is 0.0114. The van der Waals surface area contributed by atoms with Gasteiger partial charge in [-0.05, 0) is 36.6 Å². The van der Waals surface area contributed by atoms with E-state index < -0.39 is 41.7 Å². The maximum atomic E-state index is 13.0. The minimum Gasteiger partial charge on any atom is -0.354 e. The monoisotopic (exact) mass is 419 g/mol. The van der Waals surface area contributed by atoms with Gasteiger partial charge in [0.25, 0.3) is 5.91 Å². The number of hydrogen-bond donors (Lipinski definition) is 2. The summed E-state index contributed by atoms with van der Waals surface area (Å²) in [4.78, 5) is 38.0. The number of urea groups is 1. The highest BCUT2D eigenvalue weighted by Gasteiger charge is 2.50. The summed E-state index contributed by atoms with van der Waals surface area (Å²) in [5.74, 6) is -1.33. The Labute approximate surface area is 171 Å². The Morgan fingerprint density at radius 1 is 1.10 bits per heavy atom. The van der Waals surface area contributed by atoms with Crippen LogP contribution < -0.4 is 10.6 Å².